The Kier molecular flexibility index (Phi) is 6.05. The lowest BCUT2D eigenvalue weighted by Crippen LogP contribution is -2.25. The maximum atomic E-state index is 4.33. The quantitative estimate of drug-likeness (QED) is 0.781. The molecule has 102 valence electrons. The fourth-order valence-electron chi connectivity index (χ4n) is 2.29. The standard InChI is InChI=1S/C14H26N4/c1-10(2)13(11(3)4)8-17-14-12(6-15-5)7-16-9-18-14/h7,9-11,13,15H,6,8H2,1-5H3,(H,16,17,18). The summed E-state index contributed by atoms with van der Waals surface area (Å²) < 4.78 is 0. The van der Waals surface area contributed by atoms with Crippen LogP contribution < -0.4 is 10.6 Å². The Morgan fingerprint density at radius 3 is 2.39 bits per heavy atom. The molecule has 0 saturated carbocycles. The Balaban J connectivity index is 2.67. The predicted molar refractivity (Wildman–Crippen MR) is 76.5 cm³/mol. The molecule has 0 amide bonds. The van der Waals surface area contributed by atoms with E-state index >= 15 is 0 Å². The molecule has 0 aliphatic heterocycles. The van der Waals surface area contributed by atoms with Crippen molar-refractivity contribution in [3.05, 3.63) is 18.1 Å². The van der Waals surface area contributed by atoms with Gasteiger partial charge in [0, 0.05) is 24.8 Å². The zero-order chi connectivity index (χ0) is 13.5. The van der Waals surface area contributed by atoms with E-state index in [-0.39, 0.29) is 0 Å². The van der Waals surface area contributed by atoms with Crippen LogP contribution in [0.2, 0.25) is 0 Å². The van der Waals surface area contributed by atoms with Crippen LogP contribution in [0.1, 0.15) is 33.3 Å². The van der Waals surface area contributed by atoms with Gasteiger partial charge in [-0.1, -0.05) is 27.7 Å². The van der Waals surface area contributed by atoms with Gasteiger partial charge in [0.05, 0.1) is 0 Å². The highest BCUT2D eigenvalue weighted by atomic mass is 15.0. The molecule has 0 aliphatic carbocycles. The molecule has 0 aliphatic rings. The molecule has 4 nitrogen and oxygen atoms in total. The van der Waals surface area contributed by atoms with Crippen LogP contribution in [0.5, 0.6) is 0 Å². The van der Waals surface area contributed by atoms with Crippen LogP contribution in [-0.4, -0.2) is 23.6 Å². The van der Waals surface area contributed by atoms with Gasteiger partial charge < -0.3 is 10.6 Å². The van der Waals surface area contributed by atoms with Crippen LogP contribution in [0.15, 0.2) is 12.5 Å². The Labute approximate surface area is 111 Å². The maximum Gasteiger partial charge on any atom is 0.133 e. The third kappa shape index (κ3) is 4.26. The largest absolute Gasteiger partial charge is 0.369 e. The Morgan fingerprint density at radius 2 is 1.83 bits per heavy atom. The van der Waals surface area contributed by atoms with Crippen LogP contribution >= 0.6 is 0 Å². The van der Waals surface area contributed by atoms with Gasteiger partial charge in [0.15, 0.2) is 0 Å². The topological polar surface area (TPSA) is 49.8 Å². The molecule has 1 aromatic rings. The highest BCUT2D eigenvalue weighted by Crippen LogP contribution is 2.21. The summed E-state index contributed by atoms with van der Waals surface area (Å²) in [7, 11) is 1.93. The number of hydrogen-bond acceptors (Lipinski definition) is 4. The second-order valence-corrected chi connectivity index (χ2v) is 5.46. The van der Waals surface area contributed by atoms with E-state index < -0.39 is 0 Å². The molecule has 0 spiro atoms. The van der Waals surface area contributed by atoms with Crippen LogP contribution in [0.25, 0.3) is 0 Å². The molecular formula is C14H26N4. The summed E-state index contributed by atoms with van der Waals surface area (Å²) in [6.45, 7) is 10.9. The van der Waals surface area contributed by atoms with Crippen molar-refractivity contribution >= 4 is 5.82 Å². The van der Waals surface area contributed by atoms with E-state index in [1.165, 1.54) is 0 Å². The molecule has 1 rings (SSSR count). The lowest BCUT2D eigenvalue weighted by atomic mass is 9.85. The summed E-state index contributed by atoms with van der Waals surface area (Å²) in [6, 6.07) is 0. The highest BCUT2D eigenvalue weighted by molar-refractivity contribution is 5.42. The van der Waals surface area contributed by atoms with E-state index in [0.717, 1.165) is 24.5 Å². The minimum absolute atomic E-state index is 0.655. The Hall–Kier alpha value is -1.16. The van der Waals surface area contributed by atoms with E-state index in [0.29, 0.717) is 17.8 Å². The summed E-state index contributed by atoms with van der Waals surface area (Å²) in [4.78, 5) is 8.40. The summed E-state index contributed by atoms with van der Waals surface area (Å²) in [5.41, 5.74) is 1.12. The maximum absolute atomic E-state index is 4.33. The van der Waals surface area contributed by atoms with E-state index in [2.05, 4.69) is 48.3 Å². The fraction of sp³-hybridized carbons (Fsp3) is 0.714. The summed E-state index contributed by atoms with van der Waals surface area (Å²) >= 11 is 0. The molecule has 18 heavy (non-hydrogen) atoms. The second kappa shape index (κ2) is 7.31. The van der Waals surface area contributed by atoms with Gasteiger partial charge in [-0.25, -0.2) is 9.97 Å². The van der Waals surface area contributed by atoms with Gasteiger partial charge in [0.1, 0.15) is 12.1 Å². The normalized spacial score (nSPS) is 11.6. The van der Waals surface area contributed by atoms with Crippen LogP contribution in [-0.2, 0) is 6.54 Å². The average molecular weight is 250 g/mol. The third-order valence-electron chi connectivity index (χ3n) is 3.37. The molecule has 1 aromatic heterocycles. The Morgan fingerprint density at radius 1 is 1.17 bits per heavy atom. The van der Waals surface area contributed by atoms with Gasteiger partial charge >= 0.3 is 0 Å². The average Bonchev–Trinajstić information content (AvgIpc) is 2.31. The number of nitrogens with one attached hydrogen (secondary N) is 2. The lowest BCUT2D eigenvalue weighted by molar-refractivity contribution is 0.304. The first-order valence-electron chi connectivity index (χ1n) is 6.73. The number of anilines is 1. The van der Waals surface area contributed by atoms with E-state index in [9.17, 15) is 0 Å². The number of nitrogens with zero attached hydrogens (tertiary/aromatic N) is 2. The van der Waals surface area contributed by atoms with Crippen molar-refractivity contribution in [3.8, 4) is 0 Å². The Bertz CT molecular complexity index is 341. The van der Waals surface area contributed by atoms with Gasteiger partial charge in [-0.3, -0.25) is 0 Å². The molecule has 1 heterocycles. The fourth-order valence-corrected chi connectivity index (χ4v) is 2.29. The molecule has 0 aromatic carbocycles. The predicted octanol–water partition coefficient (Wildman–Crippen LogP) is 2.54. The first-order valence-corrected chi connectivity index (χ1v) is 6.73. The van der Waals surface area contributed by atoms with Crippen LogP contribution in [0.4, 0.5) is 5.82 Å². The molecule has 0 saturated heterocycles. The highest BCUT2D eigenvalue weighted by Gasteiger charge is 2.17. The molecule has 4 heteroatoms. The molecule has 0 radical (unpaired) electrons. The SMILES string of the molecule is CNCc1cncnc1NCC(C(C)C)C(C)C. The number of hydrogen-bond donors (Lipinski definition) is 2. The van der Waals surface area contributed by atoms with Gasteiger partial charge in [0.2, 0.25) is 0 Å². The van der Waals surface area contributed by atoms with Crippen molar-refractivity contribution in [1.82, 2.24) is 15.3 Å². The first-order chi connectivity index (χ1) is 8.56. The summed E-state index contributed by atoms with van der Waals surface area (Å²) in [6.07, 6.45) is 3.47. The van der Waals surface area contributed by atoms with Crippen molar-refractivity contribution in [2.24, 2.45) is 17.8 Å². The number of aromatic nitrogens is 2. The van der Waals surface area contributed by atoms with Crippen molar-refractivity contribution in [1.29, 1.82) is 0 Å². The van der Waals surface area contributed by atoms with Crippen molar-refractivity contribution in [3.63, 3.8) is 0 Å². The van der Waals surface area contributed by atoms with E-state index in [1.54, 1.807) is 6.33 Å². The van der Waals surface area contributed by atoms with Gasteiger partial charge in [-0.2, -0.15) is 0 Å². The van der Waals surface area contributed by atoms with Gasteiger partial charge in [-0.05, 0) is 24.8 Å². The van der Waals surface area contributed by atoms with Gasteiger partial charge in [-0.15, -0.1) is 0 Å². The molecule has 0 atom stereocenters. The van der Waals surface area contributed by atoms with Crippen molar-refractivity contribution in [2.75, 3.05) is 18.9 Å². The van der Waals surface area contributed by atoms with Crippen LogP contribution in [0.3, 0.4) is 0 Å². The first kappa shape index (κ1) is 14.9. The van der Waals surface area contributed by atoms with Gasteiger partial charge in [0.25, 0.3) is 0 Å². The minimum atomic E-state index is 0.655. The third-order valence-corrected chi connectivity index (χ3v) is 3.37. The van der Waals surface area contributed by atoms with Crippen molar-refractivity contribution < 1.29 is 0 Å². The summed E-state index contributed by atoms with van der Waals surface area (Å²) in [5.74, 6) is 2.95. The summed E-state index contributed by atoms with van der Waals surface area (Å²) in [5, 5.41) is 6.61. The number of rotatable bonds is 7. The monoisotopic (exact) mass is 250 g/mol. The van der Waals surface area contributed by atoms with E-state index in [1.807, 2.05) is 13.2 Å². The zero-order valence-corrected chi connectivity index (χ0v) is 12.2. The van der Waals surface area contributed by atoms with Crippen LogP contribution in [0, 0.1) is 17.8 Å². The van der Waals surface area contributed by atoms with E-state index in [4.69, 9.17) is 0 Å². The minimum Gasteiger partial charge on any atom is -0.369 e. The lowest BCUT2D eigenvalue weighted by Gasteiger charge is -2.25. The molecular weight excluding hydrogens is 224 g/mol. The molecule has 2 N–H and O–H groups in total. The second-order valence-electron chi connectivity index (χ2n) is 5.46. The zero-order valence-electron chi connectivity index (χ0n) is 12.2. The molecule has 0 fully saturated rings. The van der Waals surface area contributed by atoms with Crippen molar-refractivity contribution in [2.45, 2.75) is 34.2 Å². The smallest absolute Gasteiger partial charge is 0.133 e. The molecule has 0 bridgehead atoms. The molecule has 0 unspecified atom stereocenters.